The molecule has 2 aromatic carbocycles. The first-order valence-electron chi connectivity index (χ1n) is 9.62. The first kappa shape index (κ1) is 20.9. The van der Waals surface area contributed by atoms with Gasteiger partial charge in [0.1, 0.15) is 5.75 Å². The summed E-state index contributed by atoms with van der Waals surface area (Å²) in [5.74, 6) is 0.236. The number of hydrogen-bond acceptors (Lipinski definition) is 4. The maximum atomic E-state index is 12.7. The standard InChI is InChI=1S/C23H24N4O3/c1-16(2)30-21-9-4-3-8-20(21)22(28)26-18-6-5-7-19(14-18)27-23(29)25-15-17-10-12-24-13-11-17/h3-14,16H,15H2,1-2H3,(H,26,28)(H2,25,27,29). The average molecular weight is 404 g/mol. The number of ether oxygens (including phenoxy) is 1. The van der Waals surface area contributed by atoms with Crippen molar-refractivity contribution in [3.05, 3.63) is 84.2 Å². The predicted octanol–water partition coefficient (Wildman–Crippen LogP) is 4.44. The summed E-state index contributed by atoms with van der Waals surface area (Å²) in [7, 11) is 0. The third kappa shape index (κ3) is 6.07. The molecule has 7 nitrogen and oxygen atoms in total. The summed E-state index contributed by atoms with van der Waals surface area (Å²) in [6.07, 6.45) is 3.30. The van der Waals surface area contributed by atoms with E-state index in [4.69, 9.17) is 4.74 Å². The molecule has 0 bridgehead atoms. The highest BCUT2D eigenvalue weighted by Crippen LogP contribution is 2.22. The van der Waals surface area contributed by atoms with E-state index in [0.29, 0.717) is 29.2 Å². The number of amides is 3. The van der Waals surface area contributed by atoms with E-state index in [9.17, 15) is 9.59 Å². The Morgan fingerprint density at radius 1 is 0.933 bits per heavy atom. The lowest BCUT2D eigenvalue weighted by Crippen LogP contribution is -2.28. The van der Waals surface area contributed by atoms with E-state index in [1.165, 1.54) is 0 Å². The van der Waals surface area contributed by atoms with Crippen molar-refractivity contribution in [2.24, 2.45) is 0 Å². The molecular weight excluding hydrogens is 380 g/mol. The van der Waals surface area contributed by atoms with Crippen molar-refractivity contribution in [3.8, 4) is 5.75 Å². The summed E-state index contributed by atoms with van der Waals surface area (Å²) < 4.78 is 5.71. The summed E-state index contributed by atoms with van der Waals surface area (Å²) in [6.45, 7) is 4.20. The van der Waals surface area contributed by atoms with Gasteiger partial charge in [-0.1, -0.05) is 18.2 Å². The van der Waals surface area contributed by atoms with Gasteiger partial charge in [0.05, 0.1) is 11.7 Å². The molecule has 0 radical (unpaired) electrons. The molecule has 0 saturated heterocycles. The Morgan fingerprint density at radius 2 is 1.63 bits per heavy atom. The Bertz CT molecular complexity index is 1010. The lowest BCUT2D eigenvalue weighted by molar-refractivity contribution is 0.102. The van der Waals surface area contributed by atoms with Crippen molar-refractivity contribution in [2.75, 3.05) is 10.6 Å². The van der Waals surface area contributed by atoms with Gasteiger partial charge in [-0.25, -0.2) is 4.79 Å². The number of rotatable bonds is 7. The molecule has 0 fully saturated rings. The molecule has 7 heteroatoms. The number of carbonyl (C=O) groups is 2. The Hall–Kier alpha value is -3.87. The molecule has 3 rings (SSSR count). The van der Waals surface area contributed by atoms with Crippen LogP contribution in [0.5, 0.6) is 5.75 Å². The Kier molecular flexibility index (Phi) is 7.00. The van der Waals surface area contributed by atoms with Gasteiger partial charge in [0.15, 0.2) is 0 Å². The highest BCUT2D eigenvalue weighted by molar-refractivity contribution is 6.06. The number of aromatic nitrogens is 1. The van der Waals surface area contributed by atoms with Gasteiger partial charge in [-0.05, 0) is 61.9 Å². The second kappa shape index (κ2) is 10.1. The molecule has 0 aliphatic carbocycles. The number of nitrogens with zero attached hydrogens (tertiary/aromatic N) is 1. The maximum absolute atomic E-state index is 12.7. The van der Waals surface area contributed by atoms with Gasteiger partial charge in [-0.2, -0.15) is 0 Å². The fraction of sp³-hybridized carbons (Fsp3) is 0.174. The van der Waals surface area contributed by atoms with Crippen LogP contribution in [-0.4, -0.2) is 23.0 Å². The lowest BCUT2D eigenvalue weighted by Gasteiger charge is -2.14. The minimum absolute atomic E-state index is 0.0443. The summed E-state index contributed by atoms with van der Waals surface area (Å²) in [5, 5.41) is 8.38. The SMILES string of the molecule is CC(C)Oc1ccccc1C(=O)Nc1cccc(NC(=O)NCc2ccncc2)c1. The van der Waals surface area contributed by atoms with Crippen molar-refractivity contribution < 1.29 is 14.3 Å². The van der Waals surface area contributed by atoms with Crippen LogP contribution in [0.25, 0.3) is 0 Å². The van der Waals surface area contributed by atoms with E-state index in [-0.39, 0.29) is 18.0 Å². The molecule has 154 valence electrons. The van der Waals surface area contributed by atoms with Crippen molar-refractivity contribution in [3.63, 3.8) is 0 Å². The average Bonchev–Trinajstić information content (AvgIpc) is 2.73. The van der Waals surface area contributed by atoms with Crippen LogP contribution in [0.1, 0.15) is 29.8 Å². The molecule has 0 unspecified atom stereocenters. The first-order valence-corrected chi connectivity index (χ1v) is 9.62. The van der Waals surface area contributed by atoms with E-state index in [2.05, 4.69) is 20.9 Å². The second-order valence-electron chi connectivity index (χ2n) is 6.86. The molecule has 0 saturated carbocycles. The van der Waals surface area contributed by atoms with Gasteiger partial charge in [0, 0.05) is 30.3 Å². The molecule has 3 N–H and O–H groups in total. The van der Waals surface area contributed by atoms with Gasteiger partial charge in [0.25, 0.3) is 5.91 Å². The molecule has 0 spiro atoms. The Labute approximate surface area is 175 Å². The first-order chi connectivity index (χ1) is 14.5. The highest BCUT2D eigenvalue weighted by atomic mass is 16.5. The number of benzene rings is 2. The number of para-hydroxylation sites is 1. The van der Waals surface area contributed by atoms with E-state index < -0.39 is 0 Å². The zero-order valence-electron chi connectivity index (χ0n) is 16.9. The van der Waals surface area contributed by atoms with Gasteiger partial charge in [-0.3, -0.25) is 9.78 Å². The van der Waals surface area contributed by atoms with Crippen LogP contribution in [0.2, 0.25) is 0 Å². The van der Waals surface area contributed by atoms with Crippen molar-refractivity contribution >= 4 is 23.3 Å². The van der Waals surface area contributed by atoms with Gasteiger partial charge in [0.2, 0.25) is 0 Å². The van der Waals surface area contributed by atoms with Crippen LogP contribution >= 0.6 is 0 Å². The topological polar surface area (TPSA) is 92.4 Å². The summed E-state index contributed by atoms with van der Waals surface area (Å²) >= 11 is 0. The number of hydrogen-bond donors (Lipinski definition) is 3. The molecular formula is C23H24N4O3. The maximum Gasteiger partial charge on any atom is 0.319 e. The normalized spacial score (nSPS) is 10.4. The van der Waals surface area contributed by atoms with Crippen LogP contribution in [0.4, 0.5) is 16.2 Å². The minimum atomic E-state index is -0.342. The van der Waals surface area contributed by atoms with Crippen molar-refractivity contribution in [1.29, 1.82) is 0 Å². The molecule has 0 aliphatic heterocycles. The minimum Gasteiger partial charge on any atom is -0.490 e. The Morgan fingerprint density at radius 3 is 2.37 bits per heavy atom. The van der Waals surface area contributed by atoms with Crippen LogP contribution in [-0.2, 0) is 6.54 Å². The fourth-order valence-electron chi connectivity index (χ4n) is 2.74. The van der Waals surface area contributed by atoms with Crippen LogP contribution < -0.4 is 20.7 Å². The number of carbonyl (C=O) groups excluding carboxylic acids is 2. The molecule has 3 aromatic rings. The molecule has 3 amide bonds. The van der Waals surface area contributed by atoms with E-state index in [1.54, 1.807) is 54.9 Å². The summed E-state index contributed by atoms with van der Waals surface area (Å²) in [6, 6.07) is 17.3. The summed E-state index contributed by atoms with van der Waals surface area (Å²) in [4.78, 5) is 28.8. The van der Waals surface area contributed by atoms with E-state index >= 15 is 0 Å². The molecule has 0 atom stereocenters. The smallest absolute Gasteiger partial charge is 0.319 e. The number of urea groups is 1. The van der Waals surface area contributed by atoms with Gasteiger partial charge >= 0.3 is 6.03 Å². The number of nitrogens with one attached hydrogen (secondary N) is 3. The number of anilines is 2. The fourth-order valence-corrected chi connectivity index (χ4v) is 2.74. The van der Waals surface area contributed by atoms with Gasteiger partial charge < -0.3 is 20.7 Å². The predicted molar refractivity (Wildman–Crippen MR) is 117 cm³/mol. The zero-order chi connectivity index (χ0) is 21.3. The molecule has 1 heterocycles. The third-order valence-electron chi connectivity index (χ3n) is 4.08. The van der Waals surface area contributed by atoms with Crippen molar-refractivity contribution in [2.45, 2.75) is 26.5 Å². The monoisotopic (exact) mass is 404 g/mol. The van der Waals surface area contributed by atoms with E-state index in [0.717, 1.165) is 5.56 Å². The van der Waals surface area contributed by atoms with Crippen LogP contribution in [0.3, 0.4) is 0 Å². The largest absolute Gasteiger partial charge is 0.490 e. The number of pyridine rings is 1. The highest BCUT2D eigenvalue weighted by Gasteiger charge is 2.13. The quantitative estimate of drug-likeness (QED) is 0.543. The second-order valence-corrected chi connectivity index (χ2v) is 6.86. The van der Waals surface area contributed by atoms with Gasteiger partial charge in [-0.15, -0.1) is 0 Å². The zero-order valence-corrected chi connectivity index (χ0v) is 16.9. The van der Waals surface area contributed by atoms with E-state index in [1.807, 2.05) is 32.0 Å². The molecule has 0 aliphatic rings. The lowest BCUT2D eigenvalue weighted by atomic mass is 10.1. The van der Waals surface area contributed by atoms with Crippen LogP contribution in [0.15, 0.2) is 73.1 Å². The molecule has 30 heavy (non-hydrogen) atoms. The third-order valence-corrected chi connectivity index (χ3v) is 4.08. The Balaban J connectivity index is 1.61. The van der Waals surface area contributed by atoms with Crippen LogP contribution in [0, 0.1) is 0 Å². The summed E-state index contributed by atoms with van der Waals surface area (Å²) in [5.41, 5.74) is 2.51. The molecule has 1 aromatic heterocycles. The van der Waals surface area contributed by atoms with Crippen molar-refractivity contribution in [1.82, 2.24) is 10.3 Å².